The molecule has 2 amide bonds. The van der Waals surface area contributed by atoms with E-state index in [2.05, 4.69) is 10.6 Å². The highest BCUT2D eigenvalue weighted by molar-refractivity contribution is 6.33. The first-order chi connectivity index (χ1) is 15.7. The Balaban J connectivity index is 2.30. The van der Waals surface area contributed by atoms with Crippen molar-refractivity contribution in [3.63, 3.8) is 0 Å². The number of esters is 2. The smallest absolute Gasteiger partial charge is 0.338 e. The third-order valence-corrected chi connectivity index (χ3v) is 4.91. The van der Waals surface area contributed by atoms with Crippen molar-refractivity contribution >= 4 is 41.0 Å². The number of hydrogen-bond donors (Lipinski definition) is 2. The molecule has 0 aliphatic carbocycles. The molecule has 0 saturated carbocycles. The molecule has 2 N–H and O–H groups in total. The Morgan fingerprint density at radius 3 is 1.94 bits per heavy atom. The maximum absolute atomic E-state index is 13.0. The Hall–Kier alpha value is -3.39. The molecular weight excluding hydrogens is 448 g/mol. The van der Waals surface area contributed by atoms with Crippen molar-refractivity contribution < 1.29 is 28.7 Å². The number of carbonyl (C=O) groups is 4. The average molecular weight is 475 g/mol. The van der Waals surface area contributed by atoms with Gasteiger partial charge in [0.05, 0.1) is 34.9 Å². The number of anilines is 1. The lowest BCUT2D eigenvalue weighted by Crippen LogP contribution is -2.47. The average Bonchev–Trinajstić information content (AvgIpc) is 2.77. The van der Waals surface area contributed by atoms with E-state index in [1.165, 1.54) is 18.2 Å². The molecular formula is C24H27ClN2O6. The zero-order chi connectivity index (χ0) is 24.5. The first-order valence-electron chi connectivity index (χ1n) is 10.5. The summed E-state index contributed by atoms with van der Waals surface area (Å²) < 4.78 is 10.0. The van der Waals surface area contributed by atoms with Gasteiger partial charge in [-0.05, 0) is 50.1 Å². The maximum Gasteiger partial charge on any atom is 0.338 e. The Morgan fingerprint density at radius 1 is 0.909 bits per heavy atom. The first kappa shape index (κ1) is 25.9. The largest absolute Gasteiger partial charge is 0.462 e. The van der Waals surface area contributed by atoms with Gasteiger partial charge in [-0.3, -0.25) is 9.59 Å². The highest BCUT2D eigenvalue weighted by Crippen LogP contribution is 2.19. The summed E-state index contributed by atoms with van der Waals surface area (Å²) in [5.74, 6) is -2.59. The molecule has 0 bridgehead atoms. The van der Waals surface area contributed by atoms with Gasteiger partial charge in [0.2, 0.25) is 5.91 Å². The number of halogens is 1. The van der Waals surface area contributed by atoms with Crippen molar-refractivity contribution in [2.45, 2.75) is 33.7 Å². The van der Waals surface area contributed by atoms with Gasteiger partial charge < -0.3 is 20.1 Å². The predicted octanol–water partition coefficient (Wildman–Crippen LogP) is 4.09. The third kappa shape index (κ3) is 7.05. The van der Waals surface area contributed by atoms with E-state index in [1.54, 1.807) is 52.0 Å². The SMILES string of the molecule is CCOC(=O)c1cc(NC(=O)C(NC(=O)c2ccccc2Cl)C(C)C)cc(C(=O)OCC)c1. The normalized spacial score (nSPS) is 11.5. The molecule has 0 heterocycles. The van der Waals surface area contributed by atoms with Gasteiger partial charge in [0.1, 0.15) is 6.04 Å². The second kappa shape index (κ2) is 12.0. The maximum atomic E-state index is 13.0. The molecule has 1 atom stereocenters. The fourth-order valence-electron chi connectivity index (χ4n) is 2.98. The lowest BCUT2D eigenvalue weighted by Gasteiger charge is -2.22. The van der Waals surface area contributed by atoms with Gasteiger partial charge in [-0.2, -0.15) is 0 Å². The number of ether oxygens (including phenoxy) is 2. The van der Waals surface area contributed by atoms with Crippen LogP contribution in [0.4, 0.5) is 5.69 Å². The summed E-state index contributed by atoms with van der Waals surface area (Å²) in [7, 11) is 0. The summed E-state index contributed by atoms with van der Waals surface area (Å²) in [6.45, 7) is 7.16. The van der Waals surface area contributed by atoms with Crippen LogP contribution in [-0.4, -0.2) is 43.0 Å². The van der Waals surface area contributed by atoms with Crippen molar-refractivity contribution in [1.82, 2.24) is 5.32 Å². The minimum Gasteiger partial charge on any atom is -0.462 e. The summed E-state index contributed by atoms with van der Waals surface area (Å²) in [5, 5.41) is 5.62. The quantitative estimate of drug-likeness (QED) is 0.529. The van der Waals surface area contributed by atoms with Crippen molar-refractivity contribution in [1.29, 1.82) is 0 Å². The first-order valence-corrected chi connectivity index (χ1v) is 10.9. The number of nitrogens with one attached hydrogen (secondary N) is 2. The number of carbonyl (C=O) groups excluding carboxylic acids is 4. The lowest BCUT2D eigenvalue weighted by molar-refractivity contribution is -0.118. The summed E-state index contributed by atoms with van der Waals surface area (Å²) in [6.07, 6.45) is 0. The summed E-state index contributed by atoms with van der Waals surface area (Å²) in [5.41, 5.74) is 0.593. The fourth-order valence-corrected chi connectivity index (χ4v) is 3.21. The van der Waals surface area contributed by atoms with Crippen LogP contribution in [0.25, 0.3) is 0 Å². The molecule has 0 aliphatic rings. The molecule has 0 spiro atoms. The monoisotopic (exact) mass is 474 g/mol. The summed E-state index contributed by atoms with van der Waals surface area (Å²) in [6, 6.07) is 9.72. The standard InChI is InChI=1S/C24H27ClN2O6/c1-5-32-23(30)15-11-16(24(31)33-6-2)13-17(12-15)26-22(29)20(14(3)4)27-21(28)18-9-7-8-10-19(18)25/h7-14,20H,5-6H2,1-4H3,(H,26,29)(H,27,28). The molecule has 33 heavy (non-hydrogen) atoms. The molecule has 9 heteroatoms. The van der Waals surface area contributed by atoms with Gasteiger partial charge in [0.15, 0.2) is 0 Å². The molecule has 0 saturated heterocycles. The van der Waals surface area contributed by atoms with Crippen LogP contribution < -0.4 is 10.6 Å². The topological polar surface area (TPSA) is 111 Å². The minimum absolute atomic E-state index is 0.0823. The molecule has 176 valence electrons. The number of hydrogen-bond acceptors (Lipinski definition) is 6. The summed E-state index contributed by atoms with van der Waals surface area (Å²) >= 11 is 6.09. The Kier molecular flexibility index (Phi) is 9.42. The van der Waals surface area contributed by atoms with E-state index in [0.29, 0.717) is 0 Å². The van der Waals surface area contributed by atoms with Crippen LogP contribution >= 0.6 is 11.6 Å². The number of amides is 2. The third-order valence-electron chi connectivity index (χ3n) is 4.58. The van der Waals surface area contributed by atoms with E-state index in [1.807, 2.05) is 0 Å². The molecule has 2 rings (SSSR count). The second-order valence-electron chi connectivity index (χ2n) is 7.40. The number of benzene rings is 2. The van der Waals surface area contributed by atoms with E-state index in [9.17, 15) is 19.2 Å². The molecule has 0 fully saturated rings. The van der Waals surface area contributed by atoms with E-state index in [-0.39, 0.29) is 46.5 Å². The van der Waals surface area contributed by atoms with Crippen LogP contribution in [0.3, 0.4) is 0 Å². The van der Waals surface area contributed by atoms with Gasteiger partial charge in [-0.15, -0.1) is 0 Å². The Labute approximate surface area is 197 Å². The van der Waals surface area contributed by atoms with Gasteiger partial charge in [-0.1, -0.05) is 37.6 Å². The van der Waals surface area contributed by atoms with Gasteiger partial charge in [-0.25, -0.2) is 9.59 Å². The van der Waals surface area contributed by atoms with Gasteiger partial charge in [0, 0.05) is 5.69 Å². The van der Waals surface area contributed by atoms with E-state index < -0.39 is 29.8 Å². The van der Waals surface area contributed by atoms with Crippen LogP contribution in [-0.2, 0) is 14.3 Å². The van der Waals surface area contributed by atoms with Crippen LogP contribution in [0.15, 0.2) is 42.5 Å². The van der Waals surface area contributed by atoms with Crippen LogP contribution in [0.1, 0.15) is 58.8 Å². The molecule has 0 aromatic heterocycles. The molecule has 0 aliphatic heterocycles. The Bertz CT molecular complexity index is 1000. The minimum atomic E-state index is -0.911. The van der Waals surface area contributed by atoms with E-state index >= 15 is 0 Å². The van der Waals surface area contributed by atoms with Crippen LogP contribution in [0, 0.1) is 5.92 Å². The molecule has 0 radical (unpaired) electrons. The van der Waals surface area contributed by atoms with Crippen molar-refractivity contribution in [3.05, 3.63) is 64.2 Å². The molecule has 8 nitrogen and oxygen atoms in total. The van der Waals surface area contributed by atoms with E-state index in [0.717, 1.165) is 0 Å². The zero-order valence-electron chi connectivity index (χ0n) is 18.9. The highest BCUT2D eigenvalue weighted by Gasteiger charge is 2.26. The molecule has 2 aromatic rings. The van der Waals surface area contributed by atoms with Crippen molar-refractivity contribution in [3.8, 4) is 0 Å². The Morgan fingerprint density at radius 2 is 1.45 bits per heavy atom. The number of rotatable bonds is 9. The molecule has 1 unspecified atom stereocenters. The van der Waals surface area contributed by atoms with Gasteiger partial charge >= 0.3 is 11.9 Å². The predicted molar refractivity (Wildman–Crippen MR) is 125 cm³/mol. The van der Waals surface area contributed by atoms with Crippen LogP contribution in [0.5, 0.6) is 0 Å². The summed E-state index contributed by atoms with van der Waals surface area (Å²) in [4.78, 5) is 50.2. The van der Waals surface area contributed by atoms with Crippen molar-refractivity contribution in [2.24, 2.45) is 5.92 Å². The zero-order valence-corrected chi connectivity index (χ0v) is 19.7. The lowest BCUT2D eigenvalue weighted by atomic mass is 10.0. The van der Waals surface area contributed by atoms with E-state index in [4.69, 9.17) is 21.1 Å². The fraction of sp³-hybridized carbons (Fsp3) is 0.333. The van der Waals surface area contributed by atoms with Crippen molar-refractivity contribution in [2.75, 3.05) is 18.5 Å². The highest BCUT2D eigenvalue weighted by atomic mass is 35.5. The van der Waals surface area contributed by atoms with Crippen LogP contribution in [0.2, 0.25) is 5.02 Å². The second-order valence-corrected chi connectivity index (χ2v) is 7.81. The van der Waals surface area contributed by atoms with Gasteiger partial charge in [0.25, 0.3) is 5.91 Å². The molecule has 2 aromatic carbocycles.